The van der Waals surface area contributed by atoms with Crippen molar-refractivity contribution >= 4 is 6.47 Å². The van der Waals surface area contributed by atoms with Gasteiger partial charge in [0.25, 0.3) is 6.47 Å². The molecule has 152 valence electrons. The molecular weight excluding hydrogens is 312 g/mol. The summed E-state index contributed by atoms with van der Waals surface area (Å²) < 4.78 is 9.58. The van der Waals surface area contributed by atoms with Crippen LogP contribution in [0.4, 0.5) is 0 Å². The number of carbonyl (C=O) groups excluding carboxylic acids is 1. The molecular formula is C22H46O3. The lowest BCUT2D eigenvalue weighted by Gasteiger charge is -2.05. The van der Waals surface area contributed by atoms with Gasteiger partial charge < -0.3 is 9.47 Å². The fraction of sp³-hybridized carbons (Fsp3) is 0.955. The van der Waals surface area contributed by atoms with Crippen LogP contribution in [0.15, 0.2) is 0 Å². The SMILES string of the molecule is CCCCCCCCCCOCCCCCCCCCC.COC=O. The predicted octanol–water partition coefficient (Wildman–Crippen LogP) is 7.07. The van der Waals surface area contributed by atoms with Crippen LogP contribution in [-0.2, 0) is 14.3 Å². The smallest absolute Gasteiger partial charge is 0.292 e. The van der Waals surface area contributed by atoms with E-state index in [2.05, 4.69) is 18.6 Å². The molecule has 0 aromatic heterocycles. The minimum absolute atomic E-state index is 0.375. The van der Waals surface area contributed by atoms with E-state index in [1.807, 2.05) is 0 Å². The lowest BCUT2D eigenvalue weighted by Crippen LogP contribution is -1.97. The molecule has 0 spiro atoms. The normalized spacial score (nSPS) is 10.2. The topological polar surface area (TPSA) is 35.5 Å². The van der Waals surface area contributed by atoms with E-state index in [9.17, 15) is 0 Å². The molecule has 0 amide bonds. The second kappa shape index (κ2) is 28.2. The zero-order valence-corrected chi connectivity index (χ0v) is 17.5. The van der Waals surface area contributed by atoms with Crippen LogP contribution in [0.1, 0.15) is 117 Å². The first-order valence-electron chi connectivity index (χ1n) is 10.9. The van der Waals surface area contributed by atoms with Crippen LogP contribution in [0.25, 0.3) is 0 Å². The summed E-state index contributed by atoms with van der Waals surface area (Å²) in [7, 11) is 1.31. The first-order chi connectivity index (χ1) is 12.3. The Hall–Kier alpha value is -0.570. The van der Waals surface area contributed by atoms with Crippen LogP contribution < -0.4 is 0 Å². The lowest BCUT2D eigenvalue weighted by atomic mass is 10.1. The van der Waals surface area contributed by atoms with Crippen molar-refractivity contribution in [3.63, 3.8) is 0 Å². The largest absolute Gasteiger partial charge is 0.471 e. The average Bonchev–Trinajstić information content (AvgIpc) is 2.64. The number of hydrogen-bond acceptors (Lipinski definition) is 3. The quantitative estimate of drug-likeness (QED) is 0.183. The van der Waals surface area contributed by atoms with E-state index in [1.165, 1.54) is 110 Å². The first-order valence-corrected chi connectivity index (χ1v) is 10.9. The molecule has 0 saturated carbocycles. The predicted molar refractivity (Wildman–Crippen MR) is 109 cm³/mol. The first kappa shape index (κ1) is 26.7. The van der Waals surface area contributed by atoms with E-state index >= 15 is 0 Å². The summed E-state index contributed by atoms with van der Waals surface area (Å²) in [5.74, 6) is 0. The van der Waals surface area contributed by atoms with Gasteiger partial charge in [-0.1, -0.05) is 104 Å². The second-order valence-electron chi connectivity index (χ2n) is 6.89. The van der Waals surface area contributed by atoms with Crippen molar-refractivity contribution < 1.29 is 14.3 Å². The zero-order chi connectivity index (χ0) is 18.8. The molecule has 0 aliphatic heterocycles. The third kappa shape index (κ3) is 31.7. The summed E-state index contributed by atoms with van der Waals surface area (Å²) in [4.78, 5) is 8.95. The number of hydrogen-bond donors (Lipinski definition) is 0. The number of carbonyl (C=O) groups is 1. The number of ether oxygens (including phenoxy) is 2. The van der Waals surface area contributed by atoms with Crippen molar-refractivity contribution in [3.8, 4) is 0 Å². The van der Waals surface area contributed by atoms with E-state index in [0.717, 1.165) is 13.2 Å². The third-order valence-electron chi connectivity index (χ3n) is 4.38. The molecule has 0 heterocycles. The van der Waals surface area contributed by atoms with Gasteiger partial charge in [0.2, 0.25) is 0 Å². The van der Waals surface area contributed by atoms with E-state index < -0.39 is 0 Å². The summed E-state index contributed by atoms with van der Waals surface area (Å²) in [6.07, 6.45) is 22.2. The second-order valence-corrected chi connectivity index (χ2v) is 6.89. The maximum absolute atomic E-state index is 8.95. The Morgan fingerprint density at radius 1 is 0.560 bits per heavy atom. The molecule has 3 heteroatoms. The van der Waals surface area contributed by atoms with Gasteiger partial charge in [-0.25, -0.2) is 0 Å². The van der Waals surface area contributed by atoms with Crippen molar-refractivity contribution in [2.24, 2.45) is 0 Å². The Morgan fingerprint density at radius 2 is 0.840 bits per heavy atom. The van der Waals surface area contributed by atoms with Crippen molar-refractivity contribution in [1.29, 1.82) is 0 Å². The molecule has 0 N–H and O–H groups in total. The van der Waals surface area contributed by atoms with Gasteiger partial charge in [-0.15, -0.1) is 0 Å². The molecule has 0 atom stereocenters. The summed E-state index contributed by atoms with van der Waals surface area (Å²) in [6, 6.07) is 0. The number of rotatable bonds is 19. The van der Waals surface area contributed by atoms with Crippen molar-refractivity contribution in [2.45, 2.75) is 117 Å². The Kier molecular flexibility index (Phi) is 30.1. The van der Waals surface area contributed by atoms with E-state index in [1.54, 1.807) is 0 Å². The molecule has 0 aliphatic rings. The van der Waals surface area contributed by atoms with Crippen LogP contribution >= 0.6 is 0 Å². The highest BCUT2D eigenvalue weighted by molar-refractivity contribution is 5.36. The highest BCUT2D eigenvalue weighted by atomic mass is 16.5. The van der Waals surface area contributed by atoms with Crippen LogP contribution in [0.5, 0.6) is 0 Å². The van der Waals surface area contributed by atoms with Gasteiger partial charge in [0.15, 0.2) is 0 Å². The highest BCUT2D eigenvalue weighted by Crippen LogP contribution is 2.10. The van der Waals surface area contributed by atoms with Gasteiger partial charge in [0, 0.05) is 13.2 Å². The molecule has 0 rings (SSSR count). The van der Waals surface area contributed by atoms with Crippen molar-refractivity contribution in [2.75, 3.05) is 20.3 Å². The summed E-state index contributed by atoms with van der Waals surface area (Å²) >= 11 is 0. The van der Waals surface area contributed by atoms with Gasteiger partial charge in [0.1, 0.15) is 0 Å². The van der Waals surface area contributed by atoms with Crippen LogP contribution in [0.2, 0.25) is 0 Å². The van der Waals surface area contributed by atoms with E-state index in [-0.39, 0.29) is 0 Å². The molecule has 0 fully saturated rings. The fourth-order valence-electron chi connectivity index (χ4n) is 2.78. The lowest BCUT2D eigenvalue weighted by molar-refractivity contribution is -0.126. The maximum atomic E-state index is 8.95. The Labute approximate surface area is 158 Å². The van der Waals surface area contributed by atoms with Crippen LogP contribution in [0, 0.1) is 0 Å². The average molecular weight is 359 g/mol. The fourth-order valence-corrected chi connectivity index (χ4v) is 2.78. The minimum atomic E-state index is 0.375. The van der Waals surface area contributed by atoms with Crippen LogP contribution in [0.3, 0.4) is 0 Å². The third-order valence-corrected chi connectivity index (χ3v) is 4.38. The van der Waals surface area contributed by atoms with Gasteiger partial charge in [0.05, 0.1) is 7.11 Å². The standard InChI is InChI=1S/C20H42O.C2H4O2/c1-3-5-7-9-11-13-15-17-19-21-20-18-16-14-12-10-8-6-4-2;1-4-2-3/h3-20H2,1-2H3;2H,1H3. The molecule has 0 unspecified atom stereocenters. The number of methoxy groups -OCH3 is 1. The zero-order valence-electron chi connectivity index (χ0n) is 17.5. The monoisotopic (exact) mass is 358 g/mol. The van der Waals surface area contributed by atoms with Gasteiger partial charge in [-0.2, -0.15) is 0 Å². The highest BCUT2D eigenvalue weighted by Gasteiger charge is 1.94. The summed E-state index contributed by atoms with van der Waals surface area (Å²) in [6.45, 7) is 6.92. The van der Waals surface area contributed by atoms with Crippen LogP contribution in [-0.4, -0.2) is 26.8 Å². The maximum Gasteiger partial charge on any atom is 0.292 e. The molecule has 3 nitrogen and oxygen atoms in total. The molecule has 0 aliphatic carbocycles. The van der Waals surface area contributed by atoms with Crippen molar-refractivity contribution in [3.05, 3.63) is 0 Å². The number of unbranched alkanes of at least 4 members (excludes halogenated alkanes) is 14. The molecule has 0 aromatic carbocycles. The minimum Gasteiger partial charge on any atom is -0.471 e. The van der Waals surface area contributed by atoms with Gasteiger partial charge in [-0.05, 0) is 12.8 Å². The Morgan fingerprint density at radius 3 is 1.12 bits per heavy atom. The molecule has 0 radical (unpaired) electrons. The molecule has 25 heavy (non-hydrogen) atoms. The summed E-state index contributed by atoms with van der Waals surface area (Å²) in [5.41, 5.74) is 0. The summed E-state index contributed by atoms with van der Waals surface area (Å²) in [5, 5.41) is 0. The van der Waals surface area contributed by atoms with Gasteiger partial charge >= 0.3 is 0 Å². The van der Waals surface area contributed by atoms with E-state index in [0.29, 0.717) is 6.47 Å². The van der Waals surface area contributed by atoms with E-state index in [4.69, 9.17) is 9.53 Å². The Bertz CT molecular complexity index is 201. The molecule has 0 bridgehead atoms. The molecule has 0 aromatic rings. The molecule has 0 saturated heterocycles. The Balaban J connectivity index is 0. The van der Waals surface area contributed by atoms with Gasteiger partial charge in [-0.3, -0.25) is 4.79 Å². The van der Waals surface area contributed by atoms with Crippen molar-refractivity contribution in [1.82, 2.24) is 0 Å².